The molecule has 1 atom stereocenters. The lowest BCUT2D eigenvalue weighted by Gasteiger charge is -2.29. The van der Waals surface area contributed by atoms with E-state index in [2.05, 4.69) is 15.9 Å². The Kier molecular flexibility index (Phi) is 4.37. The molecular formula is C15H19BrFNO2. The molecule has 0 spiro atoms. The van der Waals surface area contributed by atoms with Crippen molar-refractivity contribution in [3.05, 3.63) is 34.1 Å². The van der Waals surface area contributed by atoms with Gasteiger partial charge in [0.1, 0.15) is 11.4 Å². The third-order valence-corrected chi connectivity index (χ3v) is 3.82. The van der Waals surface area contributed by atoms with Crippen molar-refractivity contribution in [2.45, 2.75) is 45.3 Å². The first-order valence-electron chi connectivity index (χ1n) is 6.72. The van der Waals surface area contributed by atoms with E-state index in [1.165, 1.54) is 6.07 Å². The van der Waals surface area contributed by atoms with Gasteiger partial charge < -0.3 is 9.64 Å². The molecule has 1 saturated heterocycles. The molecular weight excluding hydrogens is 325 g/mol. The quantitative estimate of drug-likeness (QED) is 0.742. The van der Waals surface area contributed by atoms with Crippen molar-refractivity contribution in [2.75, 3.05) is 6.54 Å². The first-order valence-corrected chi connectivity index (χ1v) is 7.52. The maximum absolute atomic E-state index is 13.3. The van der Waals surface area contributed by atoms with E-state index >= 15 is 0 Å². The zero-order valence-corrected chi connectivity index (χ0v) is 13.5. The highest BCUT2D eigenvalue weighted by atomic mass is 79.9. The average Bonchev–Trinajstić information content (AvgIpc) is 2.79. The van der Waals surface area contributed by atoms with Gasteiger partial charge in [0.2, 0.25) is 0 Å². The summed E-state index contributed by atoms with van der Waals surface area (Å²) < 4.78 is 19.2. The normalized spacial score (nSPS) is 19.2. The molecule has 3 nitrogen and oxygen atoms in total. The van der Waals surface area contributed by atoms with Gasteiger partial charge in [0.25, 0.3) is 0 Å². The van der Waals surface area contributed by atoms with Crippen LogP contribution in [0.4, 0.5) is 9.18 Å². The predicted molar refractivity (Wildman–Crippen MR) is 79.0 cm³/mol. The Balaban J connectivity index is 2.18. The zero-order valence-electron chi connectivity index (χ0n) is 12.0. The minimum absolute atomic E-state index is 0.0400. The summed E-state index contributed by atoms with van der Waals surface area (Å²) in [6, 6.07) is 4.85. The summed E-state index contributed by atoms with van der Waals surface area (Å²) in [7, 11) is 0. The van der Waals surface area contributed by atoms with E-state index in [1.807, 2.05) is 20.8 Å². The van der Waals surface area contributed by atoms with Crippen molar-refractivity contribution >= 4 is 22.0 Å². The summed E-state index contributed by atoms with van der Waals surface area (Å²) in [4.78, 5) is 13.9. The van der Waals surface area contributed by atoms with Crippen molar-refractivity contribution in [1.29, 1.82) is 0 Å². The number of carbonyl (C=O) groups excluding carboxylic acids is 1. The fourth-order valence-corrected chi connectivity index (χ4v) is 2.77. The Hall–Kier alpha value is -1.10. The largest absolute Gasteiger partial charge is 0.444 e. The highest BCUT2D eigenvalue weighted by molar-refractivity contribution is 9.10. The second kappa shape index (κ2) is 5.72. The molecule has 0 aliphatic carbocycles. The molecule has 0 radical (unpaired) electrons. The van der Waals surface area contributed by atoms with Crippen LogP contribution in [0.25, 0.3) is 0 Å². The van der Waals surface area contributed by atoms with Crippen LogP contribution in [0.2, 0.25) is 0 Å². The van der Waals surface area contributed by atoms with Gasteiger partial charge >= 0.3 is 6.09 Å². The summed E-state index contributed by atoms with van der Waals surface area (Å²) in [5, 5.41) is 0. The summed E-state index contributed by atoms with van der Waals surface area (Å²) in [5.41, 5.74) is 0.426. The van der Waals surface area contributed by atoms with E-state index in [0.29, 0.717) is 11.0 Å². The van der Waals surface area contributed by atoms with Crippen molar-refractivity contribution in [1.82, 2.24) is 4.90 Å². The fraction of sp³-hybridized carbons (Fsp3) is 0.533. The van der Waals surface area contributed by atoms with E-state index in [4.69, 9.17) is 4.74 Å². The van der Waals surface area contributed by atoms with E-state index in [0.717, 1.165) is 18.4 Å². The first kappa shape index (κ1) is 15.3. The highest BCUT2D eigenvalue weighted by Gasteiger charge is 2.33. The Labute approximate surface area is 127 Å². The lowest BCUT2D eigenvalue weighted by atomic mass is 10.0. The van der Waals surface area contributed by atoms with Crippen LogP contribution in [0.3, 0.4) is 0 Å². The number of halogens is 2. The number of benzene rings is 1. The summed E-state index contributed by atoms with van der Waals surface area (Å²) in [6.45, 7) is 6.23. The van der Waals surface area contributed by atoms with Crippen LogP contribution in [0, 0.1) is 5.82 Å². The van der Waals surface area contributed by atoms with Crippen LogP contribution >= 0.6 is 15.9 Å². The van der Waals surface area contributed by atoms with Gasteiger partial charge in [0.15, 0.2) is 0 Å². The molecule has 1 aliphatic rings. The molecule has 0 saturated carbocycles. The average molecular weight is 344 g/mol. The second-order valence-electron chi connectivity index (χ2n) is 6.01. The lowest BCUT2D eigenvalue weighted by molar-refractivity contribution is 0.0224. The van der Waals surface area contributed by atoms with Gasteiger partial charge in [-0.2, -0.15) is 0 Å². The molecule has 1 aromatic rings. The van der Waals surface area contributed by atoms with E-state index < -0.39 is 5.60 Å². The number of likely N-dealkylation sites (tertiary alicyclic amines) is 1. The molecule has 1 aliphatic heterocycles. The summed E-state index contributed by atoms with van der Waals surface area (Å²) in [6.07, 6.45) is 1.50. The number of carbonyl (C=O) groups is 1. The van der Waals surface area contributed by atoms with E-state index in [9.17, 15) is 9.18 Å². The number of rotatable bonds is 1. The third-order valence-electron chi connectivity index (χ3n) is 3.21. The molecule has 5 heteroatoms. The summed E-state index contributed by atoms with van der Waals surface area (Å²) >= 11 is 3.19. The van der Waals surface area contributed by atoms with Gasteiger partial charge in [-0.15, -0.1) is 0 Å². The summed E-state index contributed by atoms with van der Waals surface area (Å²) in [5.74, 6) is -0.296. The van der Waals surface area contributed by atoms with Gasteiger partial charge in [-0.05, 0) is 67.2 Å². The van der Waals surface area contributed by atoms with Gasteiger partial charge in [-0.3, -0.25) is 0 Å². The van der Waals surface area contributed by atoms with Gasteiger partial charge in [-0.1, -0.05) is 6.07 Å². The topological polar surface area (TPSA) is 29.5 Å². The van der Waals surface area contributed by atoms with Crippen molar-refractivity contribution in [3.63, 3.8) is 0 Å². The molecule has 20 heavy (non-hydrogen) atoms. The van der Waals surface area contributed by atoms with Crippen LogP contribution < -0.4 is 0 Å². The molecule has 1 heterocycles. The number of amides is 1. The minimum Gasteiger partial charge on any atom is -0.444 e. The fourth-order valence-electron chi connectivity index (χ4n) is 2.37. The maximum Gasteiger partial charge on any atom is 0.410 e. The Morgan fingerprint density at radius 2 is 2.15 bits per heavy atom. The number of nitrogens with zero attached hydrogens (tertiary/aromatic N) is 1. The van der Waals surface area contributed by atoms with Crippen molar-refractivity contribution in [2.24, 2.45) is 0 Å². The number of ether oxygens (including phenoxy) is 1. The Bertz CT molecular complexity index is 513. The van der Waals surface area contributed by atoms with Crippen LogP contribution in [-0.2, 0) is 4.74 Å². The Morgan fingerprint density at radius 3 is 2.75 bits per heavy atom. The maximum atomic E-state index is 13.3. The van der Waals surface area contributed by atoms with Crippen LogP contribution in [-0.4, -0.2) is 23.1 Å². The van der Waals surface area contributed by atoms with E-state index in [-0.39, 0.29) is 18.0 Å². The van der Waals surface area contributed by atoms with Gasteiger partial charge in [0.05, 0.1) is 10.5 Å². The molecule has 1 amide bonds. The molecule has 0 unspecified atom stereocenters. The van der Waals surface area contributed by atoms with Crippen LogP contribution in [0.5, 0.6) is 0 Å². The molecule has 0 bridgehead atoms. The van der Waals surface area contributed by atoms with Crippen LogP contribution in [0.15, 0.2) is 22.7 Å². The van der Waals surface area contributed by atoms with Crippen LogP contribution in [0.1, 0.15) is 45.2 Å². The molecule has 1 aromatic carbocycles. The third kappa shape index (κ3) is 3.51. The van der Waals surface area contributed by atoms with Gasteiger partial charge in [-0.25, -0.2) is 9.18 Å². The molecule has 1 fully saturated rings. The van der Waals surface area contributed by atoms with Crippen molar-refractivity contribution < 1.29 is 13.9 Å². The Morgan fingerprint density at radius 1 is 1.45 bits per heavy atom. The zero-order chi connectivity index (χ0) is 14.9. The predicted octanol–water partition coefficient (Wildman–Crippen LogP) is 4.66. The minimum atomic E-state index is -0.506. The number of hydrogen-bond acceptors (Lipinski definition) is 2. The van der Waals surface area contributed by atoms with E-state index in [1.54, 1.807) is 17.0 Å². The number of hydrogen-bond donors (Lipinski definition) is 0. The molecule has 2 rings (SSSR count). The lowest BCUT2D eigenvalue weighted by Crippen LogP contribution is -2.36. The molecule has 0 N–H and O–H groups in total. The standard InChI is InChI=1S/C15H19BrFNO2/c1-15(2,3)20-14(19)18-8-4-5-13(18)10-6-7-12(17)11(16)9-10/h6-7,9,13H,4-5,8H2,1-3H3/t13-/m1/s1. The first-order chi connectivity index (χ1) is 9.28. The second-order valence-corrected chi connectivity index (χ2v) is 6.86. The van der Waals surface area contributed by atoms with Crippen molar-refractivity contribution in [3.8, 4) is 0 Å². The monoisotopic (exact) mass is 343 g/mol. The SMILES string of the molecule is CC(C)(C)OC(=O)N1CCC[C@@H]1c1ccc(F)c(Br)c1. The highest BCUT2D eigenvalue weighted by Crippen LogP contribution is 2.34. The smallest absolute Gasteiger partial charge is 0.410 e. The molecule has 0 aromatic heterocycles. The van der Waals surface area contributed by atoms with Gasteiger partial charge in [0, 0.05) is 6.54 Å². The molecule has 110 valence electrons.